The molecule has 0 aliphatic rings. The smallest absolute Gasteiger partial charge is 0.114 e. The summed E-state index contributed by atoms with van der Waals surface area (Å²) in [5, 5.41) is 10.6. The summed E-state index contributed by atoms with van der Waals surface area (Å²) in [6.07, 6.45) is -0.560. The van der Waals surface area contributed by atoms with Crippen LogP contribution in [0.25, 0.3) is 0 Å². The lowest BCUT2D eigenvalue weighted by Gasteiger charge is -2.16. The van der Waals surface area contributed by atoms with Gasteiger partial charge in [-0.3, -0.25) is 0 Å². The zero-order valence-corrected chi connectivity index (χ0v) is 14.1. The molecule has 1 unspecified atom stereocenters. The third-order valence-electron chi connectivity index (χ3n) is 3.15. The van der Waals surface area contributed by atoms with E-state index in [1.54, 1.807) is 11.3 Å². The molecule has 0 amide bonds. The second-order valence-corrected chi connectivity index (χ2v) is 7.74. The van der Waals surface area contributed by atoms with Gasteiger partial charge in [-0.15, -0.1) is 11.3 Å². The Labute approximate surface area is 127 Å². The summed E-state index contributed by atoms with van der Waals surface area (Å²) < 4.78 is 0.994. The molecule has 0 saturated heterocycles. The second-order valence-electron chi connectivity index (χ2n) is 5.83. The first-order valence-electron chi connectivity index (χ1n) is 6.34. The molecule has 0 fully saturated rings. The Kier molecular flexibility index (Phi) is 4.19. The predicted molar refractivity (Wildman–Crippen MR) is 86.0 cm³/mol. The van der Waals surface area contributed by atoms with E-state index in [9.17, 15) is 5.11 Å². The summed E-state index contributed by atoms with van der Waals surface area (Å²) >= 11 is 5.26. The number of benzene rings is 1. The van der Waals surface area contributed by atoms with Crippen LogP contribution < -0.4 is 0 Å². The fourth-order valence-electron chi connectivity index (χ4n) is 1.94. The van der Waals surface area contributed by atoms with Crippen LogP contribution in [0, 0.1) is 6.92 Å². The fraction of sp³-hybridized carbons (Fsp3) is 0.375. The number of aliphatic hydroxyl groups is 1. The molecule has 1 nitrogen and oxygen atoms in total. The second kappa shape index (κ2) is 5.39. The molecule has 1 heterocycles. The number of aliphatic hydroxyl groups excluding tert-OH is 1. The average Bonchev–Trinajstić information content (AvgIpc) is 2.81. The van der Waals surface area contributed by atoms with Gasteiger partial charge < -0.3 is 5.11 Å². The van der Waals surface area contributed by atoms with E-state index in [2.05, 4.69) is 42.8 Å². The van der Waals surface area contributed by atoms with E-state index in [4.69, 9.17) is 0 Å². The number of aryl methyl sites for hydroxylation is 1. The van der Waals surface area contributed by atoms with Crippen molar-refractivity contribution >= 4 is 27.3 Å². The van der Waals surface area contributed by atoms with Crippen molar-refractivity contribution in [2.45, 2.75) is 39.2 Å². The molecule has 1 N–H and O–H groups in total. The van der Waals surface area contributed by atoms with Gasteiger partial charge in [0, 0.05) is 19.8 Å². The Morgan fingerprint density at radius 3 is 2.42 bits per heavy atom. The van der Waals surface area contributed by atoms with Gasteiger partial charge in [-0.1, -0.05) is 54.9 Å². The Hall–Kier alpha value is -0.640. The summed E-state index contributed by atoms with van der Waals surface area (Å²) in [6.45, 7) is 8.61. The molecule has 2 aromatic rings. The molecular weight excluding hydrogens is 320 g/mol. The first-order chi connectivity index (χ1) is 8.80. The van der Waals surface area contributed by atoms with Gasteiger partial charge in [0.1, 0.15) is 6.10 Å². The molecule has 0 aliphatic carbocycles. The van der Waals surface area contributed by atoms with Crippen LogP contribution in [-0.4, -0.2) is 5.11 Å². The normalized spacial score (nSPS) is 13.6. The minimum Gasteiger partial charge on any atom is -0.383 e. The van der Waals surface area contributed by atoms with Crippen LogP contribution >= 0.6 is 27.3 Å². The quantitative estimate of drug-likeness (QED) is 0.797. The zero-order chi connectivity index (χ0) is 14.2. The highest BCUT2D eigenvalue weighted by Crippen LogP contribution is 2.37. The Balaban J connectivity index is 2.37. The largest absolute Gasteiger partial charge is 0.383 e. The third kappa shape index (κ3) is 3.10. The molecule has 1 atom stereocenters. The number of hydrogen-bond donors (Lipinski definition) is 1. The van der Waals surface area contributed by atoms with Crippen LogP contribution in [0.4, 0.5) is 0 Å². The minimum atomic E-state index is -0.560. The van der Waals surface area contributed by atoms with E-state index in [-0.39, 0.29) is 5.41 Å². The van der Waals surface area contributed by atoms with Gasteiger partial charge in [-0.05, 0) is 30.0 Å². The molecule has 0 spiro atoms. The molecule has 0 bridgehead atoms. The average molecular weight is 339 g/mol. The first-order valence-corrected chi connectivity index (χ1v) is 7.95. The molecule has 2 rings (SSSR count). The van der Waals surface area contributed by atoms with Gasteiger partial charge in [-0.2, -0.15) is 0 Å². The highest BCUT2D eigenvalue weighted by atomic mass is 79.9. The van der Waals surface area contributed by atoms with Crippen molar-refractivity contribution in [3.05, 3.63) is 55.7 Å². The summed E-state index contributed by atoms with van der Waals surface area (Å²) in [7, 11) is 0. The number of thiophene rings is 1. The van der Waals surface area contributed by atoms with E-state index < -0.39 is 6.10 Å². The molecular formula is C16H19BrOS. The van der Waals surface area contributed by atoms with Gasteiger partial charge in [-0.25, -0.2) is 0 Å². The van der Waals surface area contributed by atoms with Crippen LogP contribution in [0.1, 0.15) is 47.8 Å². The van der Waals surface area contributed by atoms with E-state index in [0.717, 1.165) is 20.5 Å². The molecule has 1 aromatic carbocycles. The van der Waals surface area contributed by atoms with Crippen molar-refractivity contribution in [2.24, 2.45) is 0 Å². The molecule has 19 heavy (non-hydrogen) atoms. The van der Waals surface area contributed by atoms with Crippen LogP contribution in [0.2, 0.25) is 0 Å². The lowest BCUT2D eigenvalue weighted by atomic mass is 9.95. The monoisotopic (exact) mass is 338 g/mol. The van der Waals surface area contributed by atoms with E-state index in [1.807, 2.05) is 31.2 Å². The highest BCUT2D eigenvalue weighted by Gasteiger charge is 2.21. The Morgan fingerprint density at radius 1 is 1.16 bits per heavy atom. The molecule has 1 aromatic heterocycles. The summed E-state index contributed by atoms with van der Waals surface area (Å²) in [5.41, 5.74) is 2.21. The Bertz CT molecular complexity index is 581. The van der Waals surface area contributed by atoms with E-state index in [0.29, 0.717) is 0 Å². The number of halogens is 1. The maximum Gasteiger partial charge on any atom is 0.114 e. The van der Waals surface area contributed by atoms with Crippen molar-refractivity contribution in [1.82, 2.24) is 0 Å². The van der Waals surface area contributed by atoms with Crippen LogP contribution in [0.5, 0.6) is 0 Å². The lowest BCUT2D eigenvalue weighted by Crippen LogP contribution is -2.07. The first kappa shape index (κ1) is 14.8. The van der Waals surface area contributed by atoms with E-state index in [1.165, 1.54) is 4.88 Å². The van der Waals surface area contributed by atoms with Crippen molar-refractivity contribution in [2.75, 3.05) is 0 Å². The molecule has 0 saturated carbocycles. The Morgan fingerprint density at radius 2 is 1.84 bits per heavy atom. The minimum absolute atomic E-state index is 0.131. The van der Waals surface area contributed by atoms with Crippen molar-refractivity contribution in [3.8, 4) is 0 Å². The molecule has 0 radical (unpaired) electrons. The fourth-order valence-corrected chi connectivity index (χ4v) is 3.49. The van der Waals surface area contributed by atoms with Gasteiger partial charge in [0.05, 0.1) is 0 Å². The van der Waals surface area contributed by atoms with Crippen LogP contribution in [0.3, 0.4) is 0 Å². The molecule has 102 valence electrons. The standard InChI is InChI=1S/C16H19BrOS/c1-10-6-5-7-11(14(10)17)15(18)12-8-9-13(19-12)16(2,3)4/h5-9,15,18H,1-4H3. The van der Waals surface area contributed by atoms with Crippen molar-refractivity contribution in [3.63, 3.8) is 0 Å². The molecule has 3 heteroatoms. The van der Waals surface area contributed by atoms with Gasteiger partial charge in [0.15, 0.2) is 0 Å². The maximum atomic E-state index is 10.6. The van der Waals surface area contributed by atoms with Crippen molar-refractivity contribution < 1.29 is 5.11 Å². The van der Waals surface area contributed by atoms with Crippen LogP contribution in [0.15, 0.2) is 34.8 Å². The maximum absolute atomic E-state index is 10.6. The topological polar surface area (TPSA) is 20.2 Å². The zero-order valence-electron chi connectivity index (χ0n) is 11.7. The van der Waals surface area contributed by atoms with E-state index >= 15 is 0 Å². The number of hydrogen-bond acceptors (Lipinski definition) is 2. The SMILES string of the molecule is Cc1cccc(C(O)c2ccc(C(C)(C)C)s2)c1Br. The van der Waals surface area contributed by atoms with Gasteiger partial charge in [0.2, 0.25) is 0 Å². The summed E-state index contributed by atoms with van der Waals surface area (Å²) in [5.74, 6) is 0. The molecule has 0 aliphatic heterocycles. The summed E-state index contributed by atoms with van der Waals surface area (Å²) in [6, 6.07) is 10.1. The third-order valence-corrected chi connectivity index (χ3v) is 5.80. The summed E-state index contributed by atoms with van der Waals surface area (Å²) in [4.78, 5) is 2.29. The van der Waals surface area contributed by atoms with Gasteiger partial charge in [0.25, 0.3) is 0 Å². The predicted octanol–water partition coefficient (Wildman–Crippen LogP) is 5.20. The number of rotatable bonds is 2. The van der Waals surface area contributed by atoms with Gasteiger partial charge >= 0.3 is 0 Å². The lowest BCUT2D eigenvalue weighted by molar-refractivity contribution is 0.223. The van der Waals surface area contributed by atoms with Crippen LogP contribution in [-0.2, 0) is 5.41 Å². The van der Waals surface area contributed by atoms with Crippen molar-refractivity contribution in [1.29, 1.82) is 0 Å². The highest BCUT2D eigenvalue weighted by molar-refractivity contribution is 9.10.